The van der Waals surface area contributed by atoms with Crippen molar-refractivity contribution in [3.05, 3.63) is 22.4 Å². The fourth-order valence-electron chi connectivity index (χ4n) is 2.10. The van der Waals surface area contributed by atoms with Crippen LogP contribution >= 0.6 is 11.3 Å². The van der Waals surface area contributed by atoms with Crippen molar-refractivity contribution >= 4 is 17.1 Å². The Balaban J connectivity index is 1.70. The molecule has 0 bridgehead atoms. The van der Waals surface area contributed by atoms with Crippen LogP contribution in [0, 0.1) is 0 Å². The molecule has 0 amide bonds. The Hall–Kier alpha value is -0.710. The molecule has 1 aliphatic rings. The van der Waals surface area contributed by atoms with E-state index in [2.05, 4.69) is 11.8 Å². The predicted octanol–water partition coefficient (Wildman–Crippen LogP) is 2.43. The average Bonchev–Trinajstić information content (AvgIpc) is 2.85. The lowest BCUT2D eigenvalue weighted by atomic mass is 10.1. The molecule has 1 atom stereocenters. The minimum absolute atomic E-state index is 0.279. The highest BCUT2D eigenvalue weighted by atomic mass is 32.1. The summed E-state index contributed by atoms with van der Waals surface area (Å²) in [6, 6.07) is 4.33. The maximum absolute atomic E-state index is 11.8. The number of hydrogen-bond donors (Lipinski definition) is 0. The van der Waals surface area contributed by atoms with Gasteiger partial charge in [0.05, 0.1) is 18.1 Å². The second-order valence-electron chi connectivity index (χ2n) is 4.46. The van der Waals surface area contributed by atoms with Crippen molar-refractivity contribution in [1.29, 1.82) is 0 Å². The van der Waals surface area contributed by atoms with Gasteiger partial charge < -0.3 is 4.74 Å². The van der Waals surface area contributed by atoms with Crippen molar-refractivity contribution in [2.75, 3.05) is 26.3 Å². The van der Waals surface area contributed by atoms with Gasteiger partial charge in [0.25, 0.3) is 0 Å². The highest BCUT2D eigenvalue weighted by molar-refractivity contribution is 7.12. The Labute approximate surface area is 106 Å². The van der Waals surface area contributed by atoms with Gasteiger partial charge in [-0.15, -0.1) is 11.3 Å². The van der Waals surface area contributed by atoms with Crippen molar-refractivity contribution < 1.29 is 9.53 Å². The molecule has 0 saturated carbocycles. The molecule has 1 aromatic heterocycles. The molecule has 1 aromatic rings. The summed E-state index contributed by atoms with van der Waals surface area (Å²) in [4.78, 5) is 15.1. The Morgan fingerprint density at radius 2 is 2.53 bits per heavy atom. The molecule has 1 aliphatic heterocycles. The van der Waals surface area contributed by atoms with E-state index in [1.165, 1.54) is 11.3 Å². The molecule has 2 heterocycles. The monoisotopic (exact) mass is 253 g/mol. The SMILES string of the molecule is CC1COCCN1CCCC(=O)c1cccs1. The van der Waals surface area contributed by atoms with Gasteiger partial charge in [0, 0.05) is 19.0 Å². The number of hydrogen-bond acceptors (Lipinski definition) is 4. The summed E-state index contributed by atoms with van der Waals surface area (Å²) in [7, 11) is 0. The van der Waals surface area contributed by atoms with Gasteiger partial charge in [0.1, 0.15) is 0 Å². The van der Waals surface area contributed by atoms with Crippen LogP contribution in [0.3, 0.4) is 0 Å². The maximum atomic E-state index is 11.8. The molecule has 3 nitrogen and oxygen atoms in total. The van der Waals surface area contributed by atoms with Crippen molar-refractivity contribution in [2.24, 2.45) is 0 Å². The summed E-state index contributed by atoms with van der Waals surface area (Å²) >= 11 is 1.53. The number of rotatable bonds is 5. The first-order chi connectivity index (χ1) is 8.27. The molecular weight excluding hydrogens is 234 g/mol. The molecular formula is C13H19NO2S. The molecule has 1 unspecified atom stereocenters. The third-order valence-corrected chi connectivity index (χ3v) is 4.06. The van der Waals surface area contributed by atoms with E-state index >= 15 is 0 Å². The summed E-state index contributed by atoms with van der Waals surface area (Å²) in [6.07, 6.45) is 1.60. The first-order valence-electron chi connectivity index (χ1n) is 6.16. The van der Waals surface area contributed by atoms with Crippen molar-refractivity contribution in [1.82, 2.24) is 4.90 Å². The summed E-state index contributed by atoms with van der Waals surface area (Å²) in [5.74, 6) is 0.279. The number of thiophene rings is 1. The van der Waals surface area contributed by atoms with Crippen LogP contribution in [-0.4, -0.2) is 43.0 Å². The Bertz CT molecular complexity index is 350. The number of nitrogens with zero attached hydrogens (tertiary/aromatic N) is 1. The van der Waals surface area contributed by atoms with E-state index in [4.69, 9.17) is 4.74 Å². The topological polar surface area (TPSA) is 29.5 Å². The molecule has 2 rings (SSSR count). The number of carbonyl (C=O) groups is 1. The van der Waals surface area contributed by atoms with Gasteiger partial charge in [-0.1, -0.05) is 6.07 Å². The maximum Gasteiger partial charge on any atom is 0.172 e. The molecule has 1 fully saturated rings. The van der Waals surface area contributed by atoms with E-state index < -0.39 is 0 Å². The predicted molar refractivity (Wildman–Crippen MR) is 69.7 cm³/mol. The fraction of sp³-hybridized carbons (Fsp3) is 0.615. The Morgan fingerprint density at radius 3 is 3.24 bits per heavy atom. The van der Waals surface area contributed by atoms with Crippen LogP contribution in [0.25, 0.3) is 0 Å². The molecule has 4 heteroatoms. The second-order valence-corrected chi connectivity index (χ2v) is 5.41. The zero-order valence-electron chi connectivity index (χ0n) is 10.2. The van der Waals surface area contributed by atoms with Crippen LogP contribution in [0.15, 0.2) is 17.5 Å². The van der Waals surface area contributed by atoms with Gasteiger partial charge in [0.15, 0.2) is 5.78 Å². The molecule has 0 aliphatic carbocycles. The molecule has 0 aromatic carbocycles. The Morgan fingerprint density at radius 1 is 1.65 bits per heavy atom. The zero-order chi connectivity index (χ0) is 12.1. The van der Waals surface area contributed by atoms with Gasteiger partial charge in [-0.2, -0.15) is 0 Å². The van der Waals surface area contributed by atoms with Crippen LogP contribution < -0.4 is 0 Å². The molecule has 0 radical (unpaired) electrons. The standard InChI is InChI=1S/C13H19NO2S/c1-11-10-16-8-7-14(11)6-2-4-12(15)13-5-3-9-17-13/h3,5,9,11H,2,4,6-8,10H2,1H3. The summed E-state index contributed by atoms with van der Waals surface area (Å²) in [5, 5.41) is 1.96. The second kappa shape index (κ2) is 6.28. The average molecular weight is 253 g/mol. The molecule has 0 N–H and O–H groups in total. The van der Waals surface area contributed by atoms with Gasteiger partial charge >= 0.3 is 0 Å². The molecule has 94 valence electrons. The summed E-state index contributed by atoms with van der Waals surface area (Å²) in [6.45, 7) is 5.82. The van der Waals surface area contributed by atoms with E-state index in [1.807, 2.05) is 17.5 Å². The molecule has 17 heavy (non-hydrogen) atoms. The van der Waals surface area contributed by atoms with Gasteiger partial charge in [-0.3, -0.25) is 9.69 Å². The van der Waals surface area contributed by atoms with Crippen LogP contribution in [0.2, 0.25) is 0 Å². The van der Waals surface area contributed by atoms with Gasteiger partial charge in [-0.05, 0) is 31.3 Å². The van der Waals surface area contributed by atoms with E-state index in [0.29, 0.717) is 12.5 Å². The lowest BCUT2D eigenvalue weighted by Gasteiger charge is -2.33. The van der Waals surface area contributed by atoms with Crippen LogP contribution in [-0.2, 0) is 4.74 Å². The van der Waals surface area contributed by atoms with E-state index in [-0.39, 0.29) is 5.78 Å². The van der Waals surface area contributed by atoms with E-state index in [0.717, 1.165) is 37.6 Å². The first-order valence-corrected chi connectivity index (χ1v) is 7.04. The molecule has 0 spiro atoms. The van der Waals surface area contributed by atoms with Gasteiger partial charge in [-0.25, -0.2) is 0 Å². The zero-order valence-corrected chi connectivity index (χ0v) is 11.0. The smallest absolute Gasteiger partial charge is 0.172 e. The lowest BCUT2D eigenvalue weighted by molar-refractivity contribution is -0.000718. The highest BCUT2D eigenvalue weighted by Crippen LogP contribution is 2.13. The number of ketones is 1. The summed E-state index contributed by atoms with van der Waals surface area (Å²) in [5.41, 5.74) is 0. The van der Waals surface area contributed by atoms with Crippen LogP contribution in [0.4, 0.5) is 0 Å². The van der Waals surface area contributed by atoms with Gasteiger partial charge in [0.2, 0.25) is 0 Å². The third-order valence-electron chi connectivity index (χ3n) is 3.15. The van der Waals surface area contributed by atoms with Crippen molar-refractivity contribution in [2.45, 2.75) is 25.8 Å². The highest BCUT2D eigenvalue weighted by Gasteiger charge is 2.18. The van der Waals surface area contributed by atoms with Crippen LogP contribution in [0.5, 0.6) is 0 Å². The number of Topliss-reactive ketones (excluding diaryl/α,β-unsaturated/α-hetero) is 1. The third kappa shape index (κ3) is 3.63. The van der Waals surface area contributed by atoms with E-state index in [9.17, 15) is 4.79 Å². The molecule has 1 saturated heterocycles. The first kappa shape index (κ1) is 12.7. The number of morpholine rings is 1. The van der Waals surface area contributed by atoms with Crippen LogP contribution in [0.1, 0.15) is 29.4 Å². The largest absolute Gasteiger partial charge is 0.379 e. The number of carbonyl (C=O) groups excluding carboxylic acids is 1. The minimum atomic E-state index is 0.279. The number of ether oxygens (including phenoxy) is 1. The lowest BCUT2D eigenvalue weighted by Crippen LogP contribution is -2.44. The Kier molecular flexibility index (Phi) is 4.71. The van der Waals surface area contributed by atoms with Crippen molar-refractivity contribution in [3.63, 3.8) is 0 Å². The van der Waals surface area contributed by atoms with E-state index in [1.54, 1.807) is 0 Å². The quantitative estimate of drug-likeness (QED) is 0.755. The minimum Gasteiger partial charge on any atom is -0.379 e. The summed E-state index contributed by atoms with van der Waals surface area (Å²) < 4.78 is 5.39. The normalized spacial score (nSPS) is 21.6. The van der Waals surface area contributed by atoms with Crippen molar-refractivity contribution in [3.8, 4) is 0 Å². The fourth-order valence-corrected chi connectivity index (χ4v) is 2.79.